The first-order valence-electron chi connectivity index (χ1n) is 7.73. The molecule has 1 fully saturated rings. The number of rotatable bonds is 4. The number of benzene rings is 1. The SMILES string of the molecule is CC1CN(C(=O)CC(C)S(=O)(=O)c2ccc(F)cc2)CC(C)N1. The summed E-state index contributed by atoms with van der Waals surface area (Å²) in [5.74, 6) is -0.653. The van der Waals surface area contributed by atoms with Crippen LogP contribution in [0.25, 0.3) is 0 Å². The highest BCUT2D eigenvalue weighted by atomic mass is 32.2. The molecule has 3 atom stereocenters. The summed E-state index contributed by atoms with van der Waals surface area (Å²) in [6, 6.07) is 5.07. The molecule has 0 bridgehead atoms. The Morgan fingerprint density at radius 2 is 1.78 bits per heavy atom. The van der Waals surface area contributed by atoms with Gasteiger partial charge in [0.1, 0.15) is 5.82 Å². The zero-order valence-electron chi connectivity index (χ0n) is 13.6. The average Bonchev–Trinajstić information content (AvgIpc) is 2.46. The van der Waals surface area contributed by atoms with Gasteiger partial charge in [0.2, 0.25) is 5.91 Å². The lowest BCUT2D eigenvalue weighted by Gasteiger charge is -2.36. The number of hydrogen-bond acceptors (Lipinski definition) is 4. The highest BCUT2D eigenvalue weighted by Crippen LogP contribution is 2.20. The van der Waals surface area contributed by atoms with Crippen molar-refractivity contribution in [2.24, 2.45) is 0 Å². The maximum atomic E-state index is 12.9. The number of carbonyl (C=O) groups is 1. The van der Waals surface area contributed by atoms with Crippen LogP contribution >= 0.6 is 0 Å². The van der Waals surface area contributed by atoms with Crippen LogP contribution in [0.15, 0.2) is 29.2 Å². The second kappa shape index (κ2) is 6.97. The Balaban J connectivity index is 2.06. The van der Waals surface area contributed by atoms with Crippen molar-refractivity contribution < 1.29 is 17.6 Å². The second-order valence-electron chi connectivity index (χ2n) is 6.28. The zero-order chi connectivity index (χ0) is 17.2. The van der Waals surface area contributed by atoms with Crippen LogP contribution in [0.2, 0.25) is 0 Å². The summed E-state index contributed by atoms with van der Waals surface area (Å²) in [5, 5.41) is 2.48. The van der Waals surface area contributed by atoms with E-state index in [1.807, 2.05) is 13.8 Å². The Labute approximate surface area is 136 Å². The Morgan fingerprint density at radius 1 is 1.26 bits per heavy atom. The van der Waals surface area contributed by atoms with Gasteiger partial charge in [0, 0.05) is 31.6 Å². The lowest BCUT2D eigenvalue weighted by molar-refractivity contribution is -0.132. The molecule has 1 aromatic carbocycles. The third-order valence-corrected chi connectivity index (χ3v) is 6.20. The molecule has 1 amide bonds. The summed E-state index contributed by atoms with van der Waals surface area (Å²) in [4.78, 5) is 14.2. The van der Waals surface area contributed by atoms with Crippen LogP contribution in [0.3, 0.4) is 0 Å². The molecule has 1 aliphatic rings. The number of nitrogens with zero attached hydrogens (tertiary/aromatic N) is 1. The first-order chi connectivity index (χ1) is 10.7. The highest BCUT2D eigenvalue weighted by molar-refractivity contribution is 7.92. The van der Waals surface area contributed by atoms with E-state index >= 15 is 0 Å². The molecule has 1 aliphatic heterocycles. The minimum Gasteiger partial charge on any atom is -0.340 e. The number of nitrogens with one attached hydrogen (secondary N) is 1. The van der Waals surface area contributed by atoms with Gasteiger partial charge in [0.25, 0.3) is 0 Å². The molecule has 0 radical (unpaired) electrons. The van der Waals surface area contributed by atoms with E-state index in [1.54, 1.807) is 4.90 Å². The lowest BCUT2D eigenvalue weighted by Crippen LogP contribution is -2.56. The van der Waals surface area contributed by atoms with Crippen molar-refractivity contribution >= 4 is 15.7 Å². The first kappa shape index (κ1) is 17.9. The van der Waals surface area contributed by atoms with Crippen LogP contribution in [-0.2, 0) is 14.6 Å². The molecule has 5 nitrogen and oxygen atoms in total. The normalized spacial score (nSPS) is 23.6. The van der Waals surface area contributed by atoms with Gasteiger partial charge in [0.05, 0.1) is 10.1 Å². The maximum absolute atomic E-state index is 12.9. The monoisotopic (exact) mass is 342 g/mol. The maximum Gasteiger partial charge on any atom is 0.223 e. The number of piperazine rings is 1. The van der Waals surface area contributed by atoms with Gasteiger partial charge in [-0.05, 0) is 45.0 Å². The number of halogens is 1. The van der Waals surface area contributed by atoms with Crippen molar-refractivity contribution in [2.75, 3.05) is 13.1 Å². The van der Waals surface area contributed by atoms with Crippen molar-refractivity contribution in [3.05, 3.63) is 30.1 Å². The van der Waals surface area contributed by atoms with Crippen LogP contribution in [0, 0.1) is 5.82 Å². The van der Waals surface area contributed by atoms with E-state index < -0.39 is 20.9 Å². The van der Waals surface area contributed by atoms with Gasteiger partial charge in [-0.3, -0.25) is 4.79 Å². The standard InChI is InChI=1S/C16H23FN2O3S/c1-11-9-19(10-12(2)18-11)16(20)8-13(3)23(21,22)15-6-4-14(17)5-7-15/h4-7,11-13,18H,8-10H2,1-3H3. The molecule has 1 aromatic rings. The van der Waals surface area contributed by atoms with E-state index in [-0.39, 0.29) is 29.3 Å². The summed E-state index contributed by atoms with van der Waals surface area (Å²) < 4.78 is 37.9. The topological polar surface area (TPSA) is 66.5 Å². The molecule has 3 unspecified atom stereocenters. The third kappa shape index (κ3) is 4.29. The van der Waals surface area contributed by atoms with Gasteiger partial charge in [-0.15, -0.1) is 0 Å². The van der Waals surface area contributed by atoms with Crippen LogP contribution in [0.5, 0.6) is 0 Å². The highest BCUT2D eigenvalue weighted by Gasteiger charge is 2.30. The predicted octanol–water partition coefficient (Wildman–Crippen LogP) is 1.59. The van der Waals surface area contributed by atoms with Crippen LogP contribution in [0.1, 0.15) is 27.2 Å². The predicted molar refractivity (Wildman–Crippen MR) is 86.3 cm³/mol. The molecule has 0 saturated carbocycles. The molecule has 7 heteroatoms. The molecule has 2 rings (SSSR count). The van der Waals surface area contributed by atoms with Gasteiger partial charge in [-0.25, -0.2) is 12.8 Å². The zero-order valence-corrected chi connectivity index (χ0v) is 14.4. The smallest absolute Gasteiger partial charge is 0.223 e. The molecule has 23 heavy (non-hydrogen) atoms. The Bertz CT molecular complexity index is 650. The van der Waals surface area contributed by atoms with Crippen molar-refractivity contribution in [1.82, 2.24) is 10.2 Å². The minimum atomic E-state index is -3.65. The first-order valence-corrected chi connectivity index (χ1v) is 9.28. The van der Waals surface area contributed by atoms with Crippen molar-refractivity contribution in [3.63, 3.8) is 0 Å². The van der Waals surface area contributed by atoms with E-state index in [9.17, 15) is 17.6 Å². The molecule has 1 N–H and O–H groups in total. The average molecular weight is 342 g/mol. The summed E-state index contributed by atoms with van der Waals surface area (Å²) in [6.45, 7) is 6.66. The van der Waals surface area contributed by atoms with E-state index in [0.717, 1.165) is 12.1 Å². The van der Waals surface area contributed by atoms with Gasteiger partial charge in [0.15, 0.2) is 9.84 Å². The molecule has 128 valence electrons. The van der Waals surface area contributed by atoms with Gasteiger partial charge < -0.3 is 10.2 Å². The van der Waals surface area contributed by atoms with Crippen LogP contribution < -0.4 is 5.32 Å². The number of hydrogen-bond donors (Lipinski definition) is 1. The number of sulfone groups is 1. The third-order valence-electron chi connectivity index (χ3n) is 4.04. The van der Waals surface area contributed by atoms with Crippen LogP contribution in [-0.4, -0.2) is 49.6 Å². The number of amides is 1. The van der Waals surface area contributed by atoms with Crippen molar-refractivity contribution in [1.29, 1.82) is 0 Å². The quantitative estimate of drug-likeness (QED) is 0.844. The van der Waals surface area contributed by atoms with Gasteiger partial charge in [-0.1, -0.05) is 0 Å². The fraction of sp³-hybridized carbons (Fsp3) is 0.562. The van der Waals surface area contributed by atoms with Crippen molar-refractivity contribution in [3.8, 4) is 0 Å². The fourth-order valence-corrected chi connectivity index (χ4v) is 4.21. The Morgan fingerprint density at radius 3 is 2.30 bits per heavy atom. The second-order valence-corrected chi connectivity index (χ2v) is 8.65. The van der Waals surface area contributed by atoms with E-state index in [4.69, 9.17) is 0 Å². The molecule has 0 spiro atoms. The minimum absolute atomic E-state index is 0.0428. The molecule has 1 saturated heterocycles. The van der Waals surface area contributed by atoms with Crippen molar-refractivity contribution in [2.45, 2.75) is 49.4 Å². The summed E-state index contributed by atoms with van der Waals surface area (Å²) in [6.07, 6.45) is -0.0703. The van der Waals surface area contributed by atoms with E-state index in [0.29, 0.717) is 13.1 Å². The van der Waals surface area contributed by atoms with Gasteiger partial charge in [-0.2, -0.15) is 0 Å². The van der Waals surface area contributed by atoms with E-state index in [1.165, 1.54) is 19.1 Å². The molecule has 0 aliphatic carbocycles. The fourth-order valence-electron chi connectivity index (χ4n) is 2.87. The molecular formula is C16H23FN2O3S. The van der Waals surface area contributed by atoms with E-state index in [2.05, 4.69) is 5.32 Å². The number of carbonyl (C=O) groups excluding carboxylic acids is 1. The van der Waals surface area contributed by atoms with Gasteiger partial charge >= 0.3 is 0 Å². The summed E-state index contributed by atoms with van der Waals surface area (Å²) in [5.41, 5.74) is 0. The summed E-state index contributed by atoms with van der Waals surface area (Å²) in [7, 11) is -3.65. The molecular weight excluding hydrogens is 319 g/mol. The Hall–Kier alpha value is -1.47. The molecule has 0 aromatic heterocycles. The lowest BCUT2D eigenvalue weighted by atomic mass is 10.1. The summed E-state index contributed by atoms with van der Waals surface area (Å²) >= 11 is 0. The largest absolute Gasteiger partial charge is 0.340 e. The molecule has 1 heterocycles. The van der Waals surface area contributed by atoms with Crippen LogP contribution in [0.4, 0.5) is 4.39 Å². The Kier molecular flexibility index (Phi) is 5.41.